The van der Waals surface area contributed by atoms with E-state index in [2.05, 4.69) is 221 Å². The summed E-state index contributed by atoms with van der Waals surface area (Å²) in [5, 5.41) is 28.6. The number of thiophene rings is 3. The number of pyridine rings is 3. The first-order chi connectivity index (χ1) is 67.3. The SMILES string of the molecule is Cc1c(COc2cc(OCc3cncc(C#N)c3)c(C=O)cc2Cl)cccc1-c1cccc(-c2ccc(C=O)s2)c1C.Cc1c(COc2cc(OCc3cncc(C#N)c3)c(C=O)cc2Cl)cccc1-c1cccc(B2OC(C)(C)C(C)(C)O2)c1C.Cc1c(COc2cc(OCc3cncc(C#N)c3)c(CN(C)C)cc2Cl)cccc1-c1cccc(-c2ccc(CN(C)C)s2)c1C.O=Cc1ccc(Br)s1. The minimum atomic E-state index is -0.453. The Labute approximate surface area is 852 Å². The van der Waals surface area contributed by atoms with Gasteiger partial charge in [0.05, 0.1) is 67.6 Å². The summed E-state index contributed by atoms with van der Waals surface area (Å²) in [6.45, 7) is 23.9. The summed E-state index contributed by atoms with van der Waals surface area (Å²) in [5.41, 5.74) is 24.2. The Morgan fingerprint density at radius 3 is 1.11 bits per heavy atom. The van der Waals surface area contributed by atoms with E-state index < -0.39 is 18.3 Å². The van der Waals surface area contributed by atoms with Crippen molar-refractivity contribution in [3.05, 3.63) is 371 Å². The first kappa shape index (κ1) is 104. The van der Waals surface area contributed by atoms with Gasteiger partial charge >= 0.3 is 7.12 Å². The average molecular weight is 2040 g/mol. The molecule has 0 unspecified atom stereocenters. The highest BCUT2D eigenvalue weighted by Crippen LogP contribution is 2.44. The van der Waals surface area contributed by atoms with E-state index in [1.807, 2.05) is 98.2 Å². The molecule has 7 heterocycles. The molecule has 140 heavy (non-hydrogen) atoms. The van der Waals surface area contributed by atoms with Crippen LogP contribution in [0, 0.1) is 75.5 Å². The van der Waals surface area contributed by atoms with Crippen molar-refractivity contribution in [2.45, 2.75) is 133 Å². The van der Waals surface area contributed by atoms with Crippen molar-refractivity contribution in [1.82, 2.24) is 24.8 Å². The fourth-order valence-electron chi connectivity index (χ4n) is 15.7. The Hall–Kier alpha value is -13.3. The molecule has 16 rings (SSSR count). The number of hydrogen-bond donors (Lipinski definition) is 0. The molecular formula is C112H101BBrCl3N8O12S3. The zero-order valence-corrected chi connectivity index (χ0v) is 86.1. The van der Waals surface area contributed by atoms with Crippen LogP contribution in [0.3, 0.4) is 0 Å². The van der Waals surface area contributed by atoms with Crippen molar-refractivity contribution in [3.8, 4) is 107 Å². The maximum atomic E-state index is 11.7. The van der Waals surface area contributed by atoms with Crippen molar-refractivity contribution in [2.24, 2.45) is 0 Å². The van der Waals surface area contributed by atoms with Gasteiger partial charge in [0.2, 0.25) is 0 Å². The molecule has 0 bridgehead atoms. The molecule has 6 aromatic heterocycles. The van der Waals surface area contributed by atoms with Crippen molar-refractivity contribution in [3.63, 3.8) is 0 Å². The smallest absolute Gasteiger partial charge is 0.488 e. The number of carbonyl (C=O) groups is 4. The molecule has 0 radical (unpaired) electrons. The monoisotopic (exact) mass is 2040 g/mol. The third-order valence-electron chi connectivity index (χ3n) is 24.0. The van der Waals surface area contributed by atoms with E-state index in [1.165, 1.54) is 91.0 Å². The van der Waals surface area contributed by atoms with Crippen LogP contribution in [0.2, 0.25) is 15.1 Å². The molecule has 20 nitrogen and oxygen atoms in total. The number of nitriles is 3. The minimum Gasteiger partial charge on any atom is -0.488 e. The minimum absolute atomic E-state index is 0.117. The Morgan fingerprint density at radius 1 is 0.371 bits per heavy atom. The molecule has 9 aromatic carbocycles. The number of benzene rings is 9. The summed E-state index contributed by atoms with van der Waals surface area (Å²) in [7, 11) is 7.74. The van der Waals surface area contributed by atoms with Gasteiger partial charge in [-0.05, 0) is 286 Å². The number of aldehydes is 4. The molecule has 15 aromatic rings. The molecule has 1 aliphatic heterocycles. The molecule has 0 N–H and O–H groups in total. The third kappa shape index (κ3) is 26.1. The highest BCUT2D eigenvalue weighted by atomic mass is 79.9. The standard InChI is InChI=1S/C38H39ClN4O2S.C35H34BClN2O5.C34H25ClN2O4S.C5H3BrOS/c1-25-29(9-7-10-32(25)33-11-8-12-34(26(33)2)38-14-13-31(46-38)22-43(5)6)24-45-37-17-36(30(16-35(37)39)21-42(3)4)44-23-28-15-27(18-40)19-41-20-28;1-22-26(9-7-10-28(22)29-11-8-12-30(23(29)2)36-43-34(3,4)35(5,6)44-36)21-42-33-15-32(27(19-40)14-31(33)37)41-20-25-13-24(16-38)17-39-18-25;1-21-25(5-3-6-28(21)29-7-4-8-30(22(29)2)34-10-9-27(18-39)42-34)20-41-33-13-32(26(17-38)12-31(33)35)40-19-24-11-23(14-36)15-37-16-24;6-5-2-1-4(3-7)8-5/h7-17,19-20H,21-24H2,1-6H3;7-15,17-19H,20-21H2,1-6H3;3-13,15-18H,19-20H2,1-2H3;1-3H. The number of halogens is 4. The van der Waals surface area contributed by atoms with E-state index in [9.17, 15) is 24.4 Å². The van der Waals surface area contributed by atoms with Gasteiger partial charge in [0.15, 0.2) is 25.1 Å². The highest BCUT2D eigenvalue weighted by molar-refractivity contribution is 9.11. The van der Waals surface area contributed by atoms with E-state index in [4.69, 9.17) is 83.1 Å². The molecule has 1 aliphatic rings. The lowest BCUT2D eigenvalue weighted by molar-refractivity contribution is 0.00578. The summed E-state index contributed by atoms with van der Waals surface area (Å²) in [6.07, 6.45) is 12.5. The van der Waals surface area contributed by atoms with Gasteiger partial charge in [0.25, 0.3) is 0 Å². The van der Waals surface area contributed by atoms with Crippen molar-refractivity contribution in [1.29, 1.82) is 15.8 Å². The molecule has 0 aliphatic carbocycles. The molecule has 0 amide bonds. The average Bonchev–Trinajstić information content (AvgIpc) is 1.59. The Morgan fingerprint density at radius 2 is 0.721 bits per heavy atom. The van der Waals surface area contributed by atoms with Crippen LogP contribution < -0.4 is 33.9 Å². The van der Waals surface area contributed by atoms with Crippen LogP contribution in [-0.2, 0) is 62.0 Å². The third-order valence-corrected chi connectivity index (χ3v) is 28.5. The van der Waals surface area contributed by atoms with Crippen molar-refractivity contribution >= 4 is 122 Å². The number of carbonyl (C=O) groups excluding carboxylic acids is 4. The Balaban J connectivity index is 0.000000170. The maximum Gasteiger partial charge on any atom is 0.495 e. The van der Waals surface area contributed by atoms with Crippen LogP contribution in [0.15, 0.2) is 241 Å². The van der Waals surface area contributed by atoms with E-state index in [-0.39, 0.29) is 38.6 Å². The van der Waals surface area contributed by atoms with Gasteiger partial charge in [-0.25, -0.2) is 0 Å². The second-order valence-electron chi connectivity index (χ2n) is 34.7. The normalized spacial score (nSPS) is 12.1. The van der Waals surface area contributed by atoms with Crippen LogP contribution in [0.4, 0.5) is 0 Å². The van der Waals surface area contributed by atoms with E-state index in [1.54, 1.807) is 55.0 Å². The molecule has 710 valence electrons. The van der Waals surface area contributed by atoms with Crippen LogP contribution in [0.5, 0.6) is 34.5 Å². The topological polar surface area (TPSA) is 259 Å². The quantitative estimate of drug-likeness (QED) is 0.0280. The molecular weight excluding hydrogens is 1940 g/mol. The maximum absolute atomic E-state index is 11.7. The second-order valence-corrected chi connectivity index (χ2v) is 40.7. The predicted octanol–water partition coefficient (Wildman–Crippen LogP) is 26.8. The lowest BCUT2D eigenvalue weighted by Crippen LogP contribution is -2.41. The number of hydrogen-bond acceptors (Lipinski definition) is 23. The molecule has 1 saturated heterocycles. The van der Waals surface area contributed by atoms with Crippen molar-refractivity contribution in [2.75, 3.05) is 28.2 Å². The van der Waals surface area contributed by atoms with Crippen LogP contribution in [0.25, 0.3) is 54.3 Å². The zero-order chi connectivity index (χ0) is 100. The number of ether oxygens (including phenoxy) is 6. The first-order valence-corrected chi connectivity index (χ1v) is 48.9. The molecule has 28 heteroatoms. The predicted molar refractivity (Wildman–Crippen MR) is 562 cm³/mol. The summed E-state index contributed by atoms with van der Waals surface area (Å²) >= 11 is 27.7. The second kappa shape index (κ2) is 48.1. The van der Waals surface area contributed by atoms with Gasteiger partial charge in [0.1, 0.15) is 92.3 Å². The fraction of sp³-hybridized carbons (Fsp3) is 0.214. The van der Waals surface area contributed by atoms with Gasteiger partial charge in [-0.2, -0.15) is 15.8 Å². The van der Waals surface area contributed by atoms with E-state index >= 15 is 0 Å². The Kier molecular flexibility index (Phi) is 35.7. The highest BCUT2D eigenvalue weighted by Gasteiger charge is 2.52. The van der Waals surface area contributed by atoms with E-state index in [0.717, 1.165) is 116 Å². The van der Waals surface area contributed by atoms with Gasteiger partial charge < -0.3 is 47.5 Å². The van der Waals surface area contributed by atoms with Gasteiger partial charge in [0, 0.05) is 105 Å². The molecule has 0 atom stereocenters. The summed E-state index contributed by atoms with van der Waals surface area (Å²) in [4.78, 5) is 66.3. The first-order valence-electron chi connectivity index (χ1n) is 44.5. The lowest BCUT2D eigenvalue weighted by Gasteiger charge is -2.32. The molecule has 0 spiro atoms. The largest absolute Gasteiger partial charge is 0.495 e. The number of aromatic nitrogens is 3. The fourth-order valence-corrected chi connectivity index (χ4v) is 19.7. The van der Waals surface area contributed by atoms with Crippen LogP contribution >= 0.6 is 84.7 Å². The number of rotatable bonds is 32. The Bertz CT molecular complexity index is 7190. The van der Waals surface area contributed by atoms with Gasteiger partial charge in [-0.3, -0.25) is 34.1 Å². The summed E-state index contributed by atoms with van der Waals surface area (Å²) in [5.74, 6) is 2.64. The zero-order valence-electron chi connectivity index (χ0n) is 79.8. The molecule has 0 saturated carbocycles. The number of nitrogens with zero attached hydrogens (tertiary/aromatic N) is 8. The van der Waals surface area contributed by atoms with Crippen LogP contribution in [-0.4, -0.2) is 96.4 Å². The van der Waals surface area contributed by atoms with Crippen molar-refractivity contribution < 1.29 is 56.9 Å². The van der Waals surface area contributed by atoms with Crippen LogP contribution in [0.1, 0.15) is 162 Å². The van der Waals surface area contributed by atoms with Gasteiger partial charge in [-0.15, -0.1) is 34.0 Å². The summed E-state index contributed by atoms with van der Waals surface area (Å²) in [6, 6.07) is 70.9. The summed E-state index contributed by atoms with van der Waals surface area (Å²) < 4.78 is 50.4. The van der Waals surface area contributed by atoms with E-state index in [0.29, 0.717) is 114 Å². The van der Waals surface area contributed by atoms with Gasteiger partial charge in [-0.1, -0.05) is 144 Å². The molecule has 1 fully saturated rings. The lowest BCUT2D eigenvalue weighted by atomic mass is 9.74.